The summed E-state index contributed by atoms with van der Waals surface area (Å²) in [6, 6.07) is 0.773. The van der Waals surface area contributed by atoms with E-state index in [2.05, 4.69) is 18.7 Å². The summed E-state index contributed by atoms with van der Waals surface area (Å²) in [5.74, 6) is 3.10. The average molecular weight is 386 g/mol. The maximum Gasteiger partial charge on any atom is 0.137 e. The Balaban J connectivity index is 1.40. The zero-order chi connectivity index (χ0) is 19.7. The van der Waals surface area contributed by atoms with Gasteiger partial charge in [0, 0.05) is 24.3 Å². The van der Waals surface area contributed by atoms with Crippen LogP contribution in [0.5, 0.6) is 0 Å². The third-order valence-electron chi connectivity index (χ3n) is 10.5. The first-order chi connectivity index (χ1) is 13.3. The number of likely N-dealkylation sites (tertiary alicyclic amines) is 1. The molecule has 0 bridgehead atoms. The number of ketones is 2. The molecule has 0 amide bonds. The van der Waals surface area contributed by atoms with Crippen LogP contribution in [0.2, 0.25) is 0 Å². The average Bonchev–Trinajstić information content (AvgIpc) is 3.27. The summed E-state index contributed by atoms with van der Waals surface area (Å²) in [7, 11) is 0. The molecule has 0 aromatic carbocycles. The molecule has 5 rings (SSSR count). The number of rotatable bonds is 2. The Bertz CT molecular complexity index is 667. The van der Waals surface area contributed by atoms with Gasteiger partial charge in [-0.25, -0.2) is 0 Å². The third kappa shape index (κ3) is 2.63. The van der Waals surface area contributed by atoms with E-state index in [9.17, 15) is 9.59 Å². The second-order valence-electron chi connectivity index (χ2n) is 11.6. The molecule has 3 heteroatoms. The van der Waals surface area contributed by atoms with Gasteiger partial charge in [-0.3, -0.25) is 9.59 Å². The lowest BCUT2D eigenvalue weighted by Gasteiger charge is -2.60. The molecule has 5 fully saturated rings. The zero-order valence-corrected chi connectivity index (χ0v) is 18.2. The number of hydrogen-bond acceptors (Lipinski definition) is 3. The number of carbonyl (C=O) groups is 2. The first-order valence-corrected chi connectivity index (χ1v) is 12.1. The van der Waals surface area contributed by atoms with Gasteiger partial charge in [-0.2, -0.15) is 0 Å². The highest BCUT2D eigenvalue weighted by Gasteiger charge is 2.63. The predicted molar refractivity (Wildman–Crippen MR) is 111 cm³/mol. The maximum atomic E-state index is 13.6. The van der Waals surface area contributed by atoms with Crippen molar-refractivity contribution in [1.82, 2.24) is 4.90 Å². The van der Waals surface area contributed by atoms with Gasteiger partial charge in [0.05, 0.1) is 0 Å². The largest absolute Gasteiger partial charge is 0.300 e. The smallest absolute Gasteiger partial charge is 0.137 e. The van der Waals surface area contributed by atoms with Gasteiger partial charge in [0.2, 0.25) is 0 Å². The van der Waals surface area contributed by atoms with Crippen LogP contribution in [0.25, 0.3) is 0 Å². The molecule has 1 heterocycles. The van der Waals surface area contributed by atoms with Crippen LogP contribution >= 0.6 is 0 Å². The van der Waals surface area contributed by atoms with Crippen LogP contribution in [0.1, 0.15) is 85.0 Å². The van der Waals surface area contributed by atoms with Crippen LogP contribution in [0.15, 0.2) is 0 Å². The van der Waals surface area contributed by atoms with E-state index in [0.29, 0.717) is 29.8 Å². The normalized spacial score (nSPS) is 51.5. The summed E-state index contributed by atoms with van der Waals surface area (Å²) < 4.78 is 0. The second-order valence-corrected chi connectivity index (χ2v) is 11.6. The lowest BCUT2D eigenvalue weighted by Crippen LogP contribution is -2.58. The minimum atomic E-state index is -0.0555. The number of nitrogens with zero attached hydrogens (tertiary/aromatic N) is 1. The molecule has 156 valence electrons. The van der Waals surface area contributed by atoms with Crippen molar-refractivity contribution in [2.45, 2.75) is 91.0 Å². The van der Waals surface area contributed by atoms with Gasteiger partial charge in [-0.05, 0) is 106 Å². The molecule has 4 aliphatic carbocycles. The van der Waals surface area contributed by atoms with Crippen LogP contribution in [-0.2, 0) is 9.59 Å². The van der Waals surface area contributed by atoms with E-state index in [0.717, 1.165) is 18.4 Å². The third-order valence-corrected chi connectivity index (χ3v) is 10.5. The molecule has 8 atom stereocenters. The monoisotopic (exact) mass is 385 g/mol. The quantitative estimate of drug-likeness (QED) is 0.680. The van der Waals surface area contributed by atoms with E-state index in [-0.39, 0.29) is 22.7 Å². The van der Waals surface area contributed by atoms with E-state index < -0.39 is 0 Å². The molecule has 28 heavy (non-hydrogen) atoms. The van der Waals surface area contributed by atoms with Crippen LogP contribution in [0.4, 0.5) is 0 Å². The lowest BCUT2D eigenvalue weighted by molar-refractivity contribution is -0.160. The Morgan fingerprint density at radius 1 is 1.00 bits per heavy atom. The van der Waals surface area contributed by atoms with Gasteiger partial charge >= 0.3 is 0 Å². The molecule has 0 radical (unpaired) electrons. The maximum absolute atomic E-state index is 13.6. The summed E-state index contributed by atoms with van der Waals surface area (Å²) in [5.41, 5.74) is 0.159. The summed E-state index contributed by atoms with van der Waals surface area (Å²) in [6.07, 6.45) is 12.0. The van der Waals surface area contributed by atoms with Gasteiger partial charge < -0.3 is 4.90 Å². The van der Waals surface area contributed by atoms with Crippen molar-refractivity contribution in [2.24, 2.45) is 40.4 Å². The molecule has 3 nitrogen and oxygen atoms in total. The predicted octanol–water partition coefficient (Wildman–Crippen LogP) is 4.88. The second kappa shape index (κ2) is 6.65. The van der Waals surface area contributed by atoms with Gasteiger partial charge in [0.1, 0.15) is 11.6 Å². The van der Waals surface area contributed by atoms with Crippen LogP contribution in [0.3, 0.4) is 0 Å². The fraction of sp³-hybridized carbons (Fsp3) is 0.920. The van der Waals surface area contributed by atoms with Gasteiger partial charge in [-0.1, -0.05) is 13.8 Å². The van der Waals surface area contributed by atoms with Gasteiger partial charge in [0.15, 0.2) is 0 Å². The molecule has 0 N–H and O–H groups in total. The van der Waals surface area contributed by atoms with Crippen LogP contribution < -0.4 is 0 Å². The Kier molecular flexibility index (Phi) is 4.58. The Morgan fingerprint density at radius 2 is 1.75 bits per heavy atom. The molecule has 0 aromatic rings. The molecule has 0 spiro atoms. The topological polar surface area (TPSA) is 37.4 Å². The first-order valence-electron chi connectivity index (χ1n) is 12.1. The molecule has 1 saturated heterocycles. The highest BCUT2D eigenvalue weighted by atomic mass is 16.1. The Hall–Kier alpha value is -0.700. The van der Waals surface area contributed by atoms with E-state index in [4.69, 9.17) is 0 Å². The molecule has 0 aromatic heterocycles. The van der Waals surface area contributed by atoms with Gasteiger partial charge in [-0.15, -0.1) is 0 Å². The van der Waals surface area contributed by atoms with Crippen molar-refractivity contribution in [1.29, 1.82) is 0 Å². The van der Waals surface area contributed by atoms with Crippen molar-refractivity contribution in [2.75, 3.05) is 13.1 Å². The highest BCUT2D eigenvalue weighted by molar-refractivity contribution is 5.87. The molecular weight excluding hydrogens is 346 g/mol. The number of carbonyl (C=O) groups excluding carboxylic acids is 2. The molecule has 7 unspecified atom stereocenters. The van der Waals surface area contributed by atoms with Crippen molar-refractivity contribution in [3.05, 3.63) is 0 Å². The van der Waals surface area contributed by atoms with E-state index >= 15 is 0 Å². The van der Waals surface area contributed by atoms with Crippen LogP contribution in [-0.4, -0.2) is 35.6 Å². The Labute approximate surface area is 171 Å². The standard InChI is InChI=1S/C25H39NO2/c1-16(27)20-8-9-21-19-7-6-17-14-18(26-12-4-5-13-26)10-11-24(17,2)23(19)22(28)15-25(20,21)3/h17-21,23H,4-15H2,1-3H3/t17-,18?,19?,20?,21?,23?,24?,25?/m0/s1. The number of hydrogen-bond donors (Lipinski definition) is 0. The zero-order valence-electron chi connectivity index (χ0n) is 18.2. The van der Waals surface area contributed by atoms with E-state index in [1.54, 1.807) is 6.92 Å². The molecule has 5 aliphatic rings. The first kappa shape index (κ1) is 19.3. The summed E-state index contributed by atoms with van der Waals surface area (Å²) in [6.45, 7) is 9.11. The molecular formula is C25H39NO2. The number of fused-ring (bicyclic) bond motifs is 5. The van der Waals surface area contributed by atoms with E-state index in [1.165, 1.54) is 64.5 Å². The van der Waals surface area contributed by atoms with Gasteiger partial charge in [0.25, 0.3) is 0 Å². The summed E-state index contributed by atoms with van der Waals surface area (Å²) in [5, 5.41) is 0. The van der Waals surface area contributed by atoms with Crippen molar-refractivity contribution < 1.29 is 9.59 Å². The van der Waals surface area contributed by atoms with E-state index in [1.807, 2.05) is 0 Å². The molecule has 1 aliphatic heterocycles. The summed E-state index contributed by atoms with van der Waals surface area (Å²) in [4.78, 5) is 28.7. The SMILES string of the molecule is CC(=O)C1CCC2C3CC[C@H]4CC(N5CCCC5)CCC4(C)C3C(=O)CC12C. The fourth-order valence-corrected chi connectivity index (χ4v) is 9.16. The molecule has 4 saturated carbocycles. The summed E-state index contributed by atoms with van der Waals surface area (Å²) >= 11 is 0. The van der Waals surface area contributed by atoms with Crippen molar-refractivity contribution >= 4 is 11.6 Å². The van der Waals surface area contributed by atoms with Crippen molar-refractivity contribution in [3.63, 3.8) is 0 Å². The highest BCUT2D eigenvalue weighted by Crippen LogP contribution is 2.66. The fourth-order valence-electron chi connectivity index (χ4n) is 9.16. The Morgan fingerprint density at radius 3 is 2.46 bits per heavy atom. The minimum Gasteiger partial charge on any atom is -0.300 e. The van der Waals surface area contributed by atoms with Crippen molar-refractivity contribution in [3.8, 4) is 0 Å². The lowest BCUT2D eigenvalue weighted by atomic mass is 9.44. The number of Topliss-reactive ketones (excluding diaryl/α,β-unsaturated/α-hetero) is 2. The van der Waals surface area contributed by atoms with Crippen LogP contribution in [0, 0.1) is 40.4 Å². The minimum absolute atomic E-state index is 0.0555.